The fourth-order valence-electron chi connectivity index (χ4n) is 4.77. The van der Waals surface area contributed by atoms with Crippen molar-refractivity contribution in [3.63, 3.8) is 0 Å². The Morgan fingerprint density at radius 1 is 1.16 bits per heavy atom. The molecule has 4 rings (SSSR count). The van der Waals surface area contributed by atoms with Gasteiger partial charge in [0.2, 0.25) is 18.2 Å². The number of fused-ring (bicyclic) bond motifs is 1. The average molecular weight is 509 g/mol. The third-order valence-electron chi connectivity index (χ3n) is 6.43. The Hall–Kier alpha value is -4.41. The predicted molar refractivity (Wildman–Crippen MR) is 132 cm³/mol. The van der Waals surface area contributed by atoms with E-state index >= 15 is 0 Å². The second-order valence-electron chi connectivity index (χ2n) is 8.94. The maximum absolute atomic E-state index is 13.4. The maximum Gasteiger partial charge on any atom is 0.282 e. The summed E-state index contributed by atoms with van der Waals surface area (Å²) in [7, 11) is 1.50. The lowest BCUT2D eigenvalue weighted by Gasteiger charge is -2.33. The van der Waals surface area contributed by atoms with Crippen LogP contribution < -0.4 is 20.5 Å². The molecule has 5 amide bonds. The first-order chi connectivity index (χ1) is 17.7. The van der Waals surface area contributed by atoms with Gasteiger partial charge in [-0.1, -0.05) is 12.1 Å². The molecule has 194 valence electrons. The van der Waals surface area contributed by atoms with Crippen LogP contribution in [-0.4, -0.2) is 53.3 Å². The number of anilines is 1. The fourth-order valence-corrected chi connectivity index (χ4v) is 4.77. The lowest BCUT2D eigenvalue weighted by atomic mass is 10.0. The van der Waals surface area contributed by atoms with Gasteiger partial charge in [0.05, 0.1) is 42.5 Å². The number of benzene rings is 2. The van der Waals surface area contributed by atoms with Crippen LogP contribution in [0, 0.1) is 0 Å². The van der Waals surface area contributed by atoms with Gasteiger partial charge in [-0.05, 0) is 55.5 Å². The third-order valence-corrected chi connectivity index (χ3v) is 6.43. The van der Waals surface area contributed by atoms with E-state index in [9.17, 15) is 24.0 Å². The number of primary amides is 1. The molecule has 1 saturated carbocycles. The van der Waals surface area contributed by atoms with Crippen LogP contribution in [0.25, 0.3) is 0 Å². The highest BCUT2D eigenvalue weighted by atomic mass is 16.5. The topological polar surface area (TPSA) is 148 Å². The molecule has 1 aliphatic heterocycles. The van der Waals surface area contributed by atoms with Crippen molar-refractivity contribution in [2.24, 2.45) is 5.73 Å². The van der Waals surface area contributed by atoms with E-state index in [4.69, 9.17) is 15.2 Å². The first-order valence-electron chi connectivity index (χ1n) is 11.9. The van der Waals surface area contributed by atoms with Crippen molar-refractivity contribution >= 4 is 35.7 Å². The van der Waals surface area contributed by atoms with Gasteiger partial charge in [0, 0.05) is 6.92 Å². The van der Waals surface area contributed by atoms with E-state index in [-0.39, 0.29) is 29.3 Å². The van der Waals surface area contributed by atoms with Crippen LogP contribution in [0.4, 0.5) is 5.69 Å². The number of hydrogen-bond acceptors (Lipinski definition) is 7. The Labute approximate surface area is 213 Å². The molecule has 1 heterocycles. The van der Waals surface area contributed by atoms with Crippen LogP contribution in [0.3, 0.4) is 0 Å². The first-order valence-corrected chi connectivity index (χ1v) is 11.9. The normalized spacial score (nSPS) is 15.8. The quantitative estimate of drug-likeness (QED) is 0.370. The minimum atomic E-state index is -1.10. The first kappa shape index (κ1) is 25.7. The molecule has 11 heteroatoms. The van der Waals surface area contributed by atoms with Crippen LogP contribution >= 0.6 is 0 Å². The molecule has 1 atom stereocenters. The largest absolute Gasteiger partial charge is 0.493 e. The van der Waals surface area contributed by atoms with Crippen molar-refractivity contribution in [1.29, 1.82) is 0 Å². The number of nitrogens with zero attached hydrogens (tertiary/aromatic N) is 2. The van der Waals surface area contributed by atoms with E-state index in [1.54, 1.807) is 18.2 Å². The Bertz CT molecular complexity index is 1260. The Morgan fingerprint density at radius 2 is 1.89 bits per heavy atom. The van der Waals surface area contributed by atoms with Crippen molar-refractivity contribution in [1.82, 2.24) is 10.0 Å². The fraction of sp³-hybridized carbons (Fsp3) is 0.346. The number of carbonyl (C=O) groups excluding carboxylic acids is 5. The van der Waals surface area contributed by atoms with Gasteiger partial charge in [0.1, 0.15) is 0 Å². The SMILES string of the molecule is COc1ccc(C(CC(N)=O)N(C=O)N2C(=O)c3cccc(NC(C)=O)c3C2=O)cc1OC1CCCC1. The van der Waals surface area contributed by atoms with Crippen LogP contribution in [0.15, 0.2) is 36.4 Å². The summed E-state index contributed by atoms with van der Waals surface area (Å²) in [5.41, 5.74) is 6.03. The Balaban J connectivity index is 1.73. The van der Waals surface area contributed by atoms with Crippen molar-refractivity contribution in [3.8, 4) is 11.5 Å². The third kappa shape index (κ3) is 5.11. The number of carbonyl (C=O) groups is 5. The van der Waals surface area contributed by atoms with Crippen LogP contribution in [0.2, 0.25) is 0 Å². The molecular weight excluding hydrogens is 480 g/mol. The van der Waals surface area contributed by atoms with Gasteiger partial charge in [-0.25, -0.2) is 5.01 Å². The molecule has 1 fully saturated rings. The Morgan fingerprint density at radius 3 is 2.51 bits per heavy atom. The molecule has 0 aromatic heterocycles. The summed E-state index contributed by atoms with van der Waals surface area (Å²) in [6.45, 7) is 1.27. The number of ether oxygens (including phenoxy) is 2. The monoisotopic (exact) mass is 508 g/mol. The van der Waals surface area contributed by atoms with Gasteiger partial charge in [-0.15, -0.1) is 0 Å². The molecule has 2 aliphatic rings. The zero-order valence-corrected chi connectivity index (χ0v) is 20.6. The molecule has 0 bridgehead atoms. The second kappa shape index (κ2) is 10.7. The van der Waals surface area contributed by atoms with Gasteiger partial charge < -0.3 is 20.5 Å². The number of imide groups is 1. The molecule has 0 spiro atoms. The summed E-state index contributed by atoms with van der Waals surface area (Å²) in [6.07, 6.45) is 3.82. The number of rotatable bonds is 10. The maximum atomic E-state index is 13.4. The average Bonchev–Trinajstić information content (AvgIpc) is 3.46. The minimum absolute atomic E-state index is 0.00403. The standard InChI is InChI=1S/C26H28N4O7/c1-15(32)28-19-9-5-8-18-24(19)26(35)30(25(18)34)29(14-31)20(13-23(27)33)16-10-11-21(36-2)22(12-16)37-17-6-3-4-7-17/h5,8-12,14,17,20H,3-4,6-7,13H2,1-2H3,(H2,27,33)(H,28,32). The summed E-state index contributed by atoms with van der Waals surface area (Å²) in [6, 6.07) is 8.20. The molecule has 3 N–H and O–H groups in total. The second-order valence-corrected chi connectivity index (χ2v) is 8.94. The number of nitrogens with two attached hydrogens (primary N) is 1. The van der Waals surface area contributed by atoms with E-state index in [0.29, 0.717) is 28.5 Å². The summed E-state index contributed by atoms with van der Waals surface area (Å²) in [4.78, 5) is 62.8. The van der Waals surface area contributed by atoms with E-state index in [0.717, 1.165) is 30.7 Å². The van der Waals surface area contributed by atoms with Crippen molar-refractivity contribution in [2.75, 3.05) is 12.4 Å². The van der Waals surface area contributed by atoms with E-state index in [2.05, 4.69) is 5.32 Å². The number of hydrogen-bond donors (Lipinski definition) is 2. The summed E-state index contributed by atoms with van der Waals surface area (Å²) in [5.74, 6) is -1.89. The van der Waals surface area contributed by atoms with E-state index in [1.165, 1.54) is 32.2 Å². The van der Waals surface area contributed by atoms with Gasteiger partial charge in [0.15, 0.2) is 11.5 Å². The molecule has 11 nitrogen and oxygen atoms in total. The molecule has 1 unspecified atom stereocenters. The smallest absolute Gasteiger partial charge is 0.282 e. The highest BCUT2D eigenvalue weighted by Crippen LogP contribution is 2.38. The van der Waals surface area contributed by atoms with Gasteiger partial charge >= 0.3 is 0 Å². The van der Waals surface area contributed by atoms with Gasteiger partial charge in [-0.2, -0.15) is 5.01 Å². The number of methoxy groups -OCH3 is 1. The predicted octanol–water partition coefficient (Wildman–Crippen LogP) is 2.56. The molecule has 37 heavy (non-hydrogen) atoms. The summed E-state index contributed by atoms with van der Waals surface area (Å²) in [5, 5.41) is 4.05. The van der Waals surface area contributed by atoms with Crippen LogP contribution in [0.5, 0.6) is 11.5 Å². The minimum Gasteiger partial charge on any atom is -0.493 e. The molecule has 1 aliphatic carbocycles. The van der Waals surface area contributed by atoms with E-state index in [1.807, 2.05) is 0 Å². The highest BCUT2D eigenvalue weighted by Gasteiger charge is 2.44. The lowest BCUT2D eigenvalue weighted by molar-refractivity contribution is -0.134. The van der Waals surface area contributed by atoms with Crippen LogP contribution in [0.1, 0.15) is 71.3 Å². The van der Waals surface area contributed by atoms with Crippen LogP contribution in [-0.2, 0) is 14.4 Å². The van der Waals surface area contributed by atoms with Crippen molar-refractivity contribution in [2.45, 2.75) is 51.2 Å². The number of amides is 5. The van der Waals surface area contributed by atoms with Crippen molar-refractivity contribution < 1.29 is 33.4 Å². The lowest BCUT2D eigenvalue weighted by Crippen LogP contribution is -2.48. The molecule has 2 aromatic rings. The number of nitrogens with one attached hydrogen (secondary N) is 1. The zero-order valence-electron chi connectivity index (χ0n) is 20.6. The summed E-state index contributed by atoms with van der Waals surface area (Å²) >= 11 is 0. The number of hydrazine groups is 1. The summed E-state index contributed by atoms with van der Waals surface area (Å²) < 4.78 is 11.6. The zero-order chi connectivity index (χ0) is 26.7. The molecule has 0 saturated heterocycles. The van der Waals surface area contributed by atoms with Gasteiger partial charge in [0.25, 0.3) is 11.8 Å². The molecule has 2 aromatic carbocycles. The molecule has 0 radical (unpaired) electrons. The van der Waals surface area contributed by atoms with E-state index < -0.39 is 29.7 Å². The van der Waals surface area contributed by atoms with Crippen molar-refractivity contribution in [3.05, 3.63) is 53.1 Å². The Kier molecular flexibility index (Phi) is 7.42. The van der Waals surface area contributed by atoms with Gasteiger partial charge in [-0.3, -0.25) is 24.0 Å². The highest BCUT2D eigenvalue weighted by molar-refractivity contribution is 6.24. The molecular formula is C26H28N4O7.